The van der Waals surface area contributed by atoms with Crippen LogP contribution in [-0.2, 0) is 6.61 Å². The Balaban J connectivity index is 1.44. The first-order valence-corrected chi connectivity index (χ1v) is 10.4. The molecule has 0 unspecified atom stereocenters. The third kappa shape index (κ3) is 3.98. The summed E-state index contributed by atoms with van der Waals surface area (Å²) < 4.78 is 30.4. The maximum Gasteiger partial charge on any atom is 0.231 e. The Morgan fingerprint density at radius 3 is 2.53 bits per heavy atom. The van der Waals surface area contributed by atoms with E-state index in [2.05, 4.69) is 23.5 Å². The molecule has 5 rings (SSSR count). The molecule has 4 nitrogen and oxygen atoms in total. The number of benzene rings is 3. The average molecular weight is 405 g/mol. The first kappa shape index (κ1) is 18.9. The quantitative estimate of drug-likeness (QED) is 0.628. The number of ether oxygens (including phenoxy) is 3. The zero-order chi connectivity index (χ0) is 20.3. The van der Waals surface area contributed by atoms with E-state index in [1.165, 1.54) is 17.7 Å². The van der Waals surface area contributed by atoms with Gasteiger partial charge in [0.2, 0.25) is 6.79 Å². The summed E-state index contributed by atoms with van der Waals surface area (Å²) in [6, 6.07) is 18.8. The molecular formula is C25H24FNO3. The lowest BCUT2D eigenvalue weighted by Gasteiger charge is -2.24. The van der Waals surface area contributed by atoms with E-state index in [4.69, 9.17) is 14.2 Å². The molecule has 3 aromatic carbocycles. The predicted octanol–water partition coefficient (Wildman–Crippen LogP) is 5.27. The Labute approximate surface area is 175 Å². The van der Waals surface area contributed by atoms with E-state index < -0.39 is 0 Å². The van der Waals surface area contributed by atoms with Gasteiger partial charge in [0.15, 0.2) is 11.5 Å². The second-order valence-electron chi connectivity index (χ2n) is 7.75. The topological polar surface area (TPSA) is 39.7 Å². The Morgan fingerprint density at radius 2 is 1.70 bits per heavy atom. The largest absolute Gasteiger partial charge is 0.489 e. The van der Waals surface area contributed by atoms with Crippen LogP contribution in [-0.4, -0.2) is 19.9 Å². The zero-order valence-electron chi connectivity index (χ0n) is 16.7. The van der Waals surface area contributed by atoms with Crippen LogP contribution < -0.4 is 19.5 Å². The van der Waals surface area contributed by atoms with Crippen LogP contribution in [0, 0.1) is 5.82 Å². The van der Waals surface area contributed by atoms with Crippen molar-refractivity contribution in [1.29, 1.82) is 0 Å². The maximum absolute atomic E-state index is 13.4. The molecule has 1 fully saturated rings. The Bertz CT molecular complexity index is 1030. The Morgan fingerprint density at radius 1 is 0.900 bits per heavy atom. The van der Waals surface area contributed by atoms with Crippen molar-refractivity contribution in [2.75, 3.05) is 19.9 Å². The minimum Gasteiger partial charge on any atom is -0.489 e. The molecule has 0 atom stereocenters. The van der Waals surface area contributed by atoms with E-state index in [0.717, 1.165) is 54.1 Å². The number of piperidine rings is 1. The molecule has 30 heavy (non-hydrogen) atoms. The smallest absolute Gasteiger partial charge is 0.231 e. The summed E-state index contributed by atoms with van der Waals surface area (Å²) in [5, 5.41) is 3.43. The molecule has 154 valence electrons. The fraction of sp³-hybridized carbons (Fsp3) is 0.280. The molecular weight excluding hydrogens is 381 g/mol. The average Bonchev–Trinajstić information content (AvgIpc) is 3.27. The van der Waals surface area contributed by atoms with Crippen LogP contribution in [0.25, 0.3) is 11.1 Å². The fourth-order valence-electron chi connectivity index (χ4n) is 4.18. The van der Waals surface area contributed by atoms with Crippen LogP contribution in [0.4, 0.5) is 4.39 Å². The fourth-order valence-corrected chi connectivity index (χ4v) is 4.18. The Kier molecular flexibility index (Phi) is 5.28. The van der Waals surface area contributed by atoms with Crippen LogP contribution in [0.15, 0.2) is 60.7 Å². The van der Waals surface area contributed by atoms with Gasteiger partial charge >= 0.3 is 0 Å². The minimum atomic E-state index is -0.233. The molecule has 0 radical (unpaired) electrons. The standard InChI is InChI=1S/C25H24FNO3/c26-21-4-1-18(2-5-21)23-7-3-19(17-9-11-27-12-10-17)13-20(23)15-28-22-6-8-24-25(14-22)30-16-29-24/h1-8,13-14,17,27H,9-12,15-16H2. The zero-order valence-corrected chi connectivity index (χ0v) is 16.7. The van der Waals surface area contributed by atoms with E-state index >= 15 is 0 Å². The monoisotopic (exact) mass is 405 g/mol. The SMILES string of the molecule is Fc1ccc(-c2ccc(C3CCNCC3)cc2COc2ccc3c(c2)OCO3)cc1. The normalized spacial score (nSPS) is 15.9. The van der Waals surface area contributed by atoms with E-state index in [9.17, 15) is 4.39 Å². The van der Waals surface area contributed by atoms with Gasteiger partial charge < -0.3 is 19.5 Å². The minimum absolute atomic E-state index is 0.233. The van der Waals surface area contributed by atoms with Gasteiger partial charge in [-0.2, -0.15) is 0 Å². The van der Waals surface area contributed by atoms with Crippen LogP contribution in [0.5, 0.6) is 17.2 Å². The number of hydrogen-bond donors (Lipinski definition) is 1. The number of halogens is 1. The van der Waals surface area contributed by atoms with E-state index in [-0.39, 0.29) is 12.6 Å². The van der Waals surface area contributed by atoms with Crippen LogP contribution >= 0.6 is 0 Å². The lowest BCUT2D eigenvalue weighted by molar-refractivity contribution is 0.173. The molecule has 3 aromatic rings. The molecule has 2 heterocycles. The number of nitrogens with one attached hydrogen (secondary N) is 1. The summed E-state index contributed by atoms with van der Waals surface area (Å²) in [7, 11) is 0. The van der Waals surface area contributed by atoms with Crippen molar-refractivity contribution in [3.05, 3.63) is 77.6 Å². The van der Waals surface area contributed by atoms with Gasteiger partial charge in [-0.25, -0.2) is 4.39 Å². The van der Waals surface area contributed by atoms with Gasteiger partial charge in [-0.1, -0.05) is 30.3 Å². The van der Waals surface area contributed by atoms with Crippen LogP contribution in [0.3, 0.4) is 0 Å². The van der Waals surface area contributed by atoms with Crippen LogP contribution in [0.1, 0.15) is 29.9 Å². The summed E-state index contributed by atoms with van der Waals surface area (Å²) in [6.45, 7) is 2.76. The highest BCUT2D eigenvalue weighted by molar-refractivity contribution is 5.68. The van der Waals surface area contributed by atoms with Gasteiger partial charge in [-0.3, -0.25) is 0 Å². The summed E-state index contributed by atoms with van der Waals surface area (Å²) >= 11 is 0. The highest BCUT2D eigenvalue weighted by Crippen LogP contribution is 2.36. The molecule has 0 aliphatic carbocycles. The molecule has 1 N–H and O–H groups in total. The highest BCUT2D eigenvalue weighted by atomic mass is 19.1. The van der Waals surface area contributed by atoms with E-state index in [1.54, 1.807) is 0 Å². The maximum atomic E-state index is 13.4. The third-order valence-electron chi connectivity index (χ3n) is 5.83. The van der Waals surface area contributed by atoms with Crippen molar-refractivity contribution >= 4 is 0 Å². The van der Waals surface area contributed by atoms with Crippen LogP contribution in [0.2, 0.25) is 0 Å². The molecule has 0 bridgehead atoms. The lowest BCUT2D eigenvalue weighted by atomic mass is 9.87. The molecule has 1 saturated heterocycles. The second kappa shape index (κ2) is 8.36. The summed E-state index contributed by atoms with van der Waals surface area (Å²) in [5.74, 6) is 2.49. The molecule has 0 aromatic heterocycles. The van der Waals surface area contributed by atoms with Crippen molar-refractivity contribution < 1.29 is 18.6 Å². The molecule has 2 aliphatic heterocycles. The number of fused-ring (bicyclic) bond motifs is 1. The third-order valence-corrected chi connectivity index (χ3v) is 5.83. The van der Waals surface area contributed by atoms with Gasteiger partial charge in [0.1, 0.15) is 18.2 Å². The van der Waals surface area contributed by atoms with Gasteiger partial charge in [0.25, 0.3) is 0 Å². The molecule has 5 heteroatoms. The van der Waals surface area contributed by atoms with Gasteiger partial charge in [0, 0.05) is 6.07 Å². The van der Waals surface area contributed by atoms with Crippen molar-refractivity contribution in [3.63, 3.8) is 0 Å². The molecule has 0 spiro atoms. The van der Waals surface area contributed by atoms with Crippen molar-refractivity contribution in [3.8, 4) is 28.4 Å². The van der Waals surface area contributed by atoms with E-state index in [0.29, 0.717) is 18.3 Å². The first-order valence-electron chi connectivity index (χ1n) is 10.4. The van der Waals surface area contributed by atoms with Crippen molar-refractivity contribution in [1.82, 2.24) is 5.32 Å². The predicted molar refractivity (Wildman–Crippen MR) is 114 cm³/mol. The first-order chi connectivity index (χ1) is 14.8. The highest BCUT2D eigenvalue weighted by Gasteiger charge is 2.18. The summed E-state index contributed by atoms with van der Waals surface area (Å²) in [5.41, 5.74) is 4.48. The Hall–Kier alpha value is -3.05. The summed E-state index contributed by atoms with van der Waals surface area (Å²) in [4.78, 5) is 0. The summed E-state index contributed by atoms with van der Waals surface area (Å²) in [6.07, 6.45) is 2.27. The van der Waals surface area contributed by atoms with Crippen molar-refractivity contribution in [2.24, 2.45) is 0 Å². The molecule has 2 aliphatic rings. The van der Waals surface area contributed by atoms with Gasteiger partial charge in [0.05, 0.1) is 0 Å². The van der Waals surface area contributed by atoms with E-state index in [1.807, 2.05) is 30.3 Å². The second-order valence-corrected chi connectivity index (χ2v) is 7.75. The van der Waals surface area contributed by atoms with Gasteiger partial charge in [-0.05, 0) is 78.4 Å². The molecule has 0 amide bonds. The van der Waals surface area contributed by atoms with Gasteiger partial charge in [-0.15, -0.1) is 0 Å². The van der Waals surface area contributed by atoms with Crippen molar-refractivity contribution in [2.45, 2.75) is 25.4 Å². The number of rotatable bonds is 5. The number of hydrogen-bond acceptors (Lipinski definition) is 4. The lowest BCUT2D eigenvalue weighted by Crippen LogP contribution is -2.26. The molecule has 0 saturated carbocycles.